The van der Waals surface area contributed by atoms with E-state index in [-0.39, 0.29) is 0 Å². The molecular weight excluding hydrogens is 166 g/mol. The van der Waals surface area contributed by atoms with Gasteiger partial charge in [-0.3, -0.25) is 0 Å². The van der Waals surface area contributed by atoms with Crippen molar-refractivity contribution in [1.82, 2.24) is 13.4 Å². The highest BCUT2D eigenvalue weighted by atomic mass is 32.3. The van der Waals surface area contributed by atoms with Crippen molar-refractivity contribution in [2.24, 2.45) is 0 Å². The first-order chi connectivity index (χ1) is 4.36. The van der Waals surface area contributed by atoms with Gasteiger partial charge in [0, 0.05) is 7.05 Å². The van der Waals surface area contributed by atoms with Crippen LogP contribution in [0.4, 0.5) is 0 Å². The molecular formula is C5H17N3S2. The summed E-state index contributed by atoms with van der Waals surface area (Å²) in [5.41, 5.74) is 0. The normalized spacial score (nSPS) is 37.3. The zero-order chi connectivity index (χ0) is 7.99. The Balaban J connectivity index is 2.77. The van der Waals surface area contributed by atoms with Gasteiger partial charge in [-0.1, -0.05) is 0 Å². The van der Waals surface area contributed by atoms with Crippen LogP contribution in [0.2, 0.25) is 0 Å². The van der Waals surface area contributed by atoms with Crippen LogP contribution in [0.25, 0.3) is 0 Å². The van der Waals surface area contributed by atoms with Crippen LogP contribution in [0, 0.1) is 0 Å². The summed E-state index contributed by atoms with van der Waals surface area (Å²) in [6.45, 7) is 0. The van der Waals surface area contributed by atoms with Crippen molar-refractivity contribution >= 4 is 20.8 Å². The van der Waals surface area contributed by atoms with Gasteiger partial charge in [-0.25, -0.2) is 3.71 Å². The van der Waals surface area contributed by atoms with Crippen molar-refractivity contribution in [3.63, 3.8) is 0 Å². The Morgan fingerprint density at radius 1 is 0.900 bits per heavy atom. The maximum Gasteiger partial charge on any atom is 0.00800 e. The van der Waals surface area contributed by atoms with Gasteiger partial charge in [0.2, 0.25) is 0 Å². The van der Waals surface area contributed by atoms with Gasteiger partial charge in [0.15, 0.2) is 0 Å². The van der Waals surface area contributed by atoms with Crippen LogP contribution in [-0.4, -0.2) is 35.8 Å². The first kappa shape index (κ1) is 8.67. The quantitative estimate of drug-likeness (QED) is 0.582. The second kappa shape index (κ2) is 2.28. The Labute approximate surface area is 66.7 Å². The summed E-state index contributed by atoms with van der Waals surface area (Å²) in [5.74, 6) is 0. The number of nitrogens with one attached hydrogen (secondary N) is 2. The second-order valence-corrected chi connectivity index (χ2v) is 10.0. The molecule has 1 saturated heterocycles. The number of hydrogen-bond acceptors (Lipinski definition) is 3. The maximum atomic E-state index is 3.33. The van der Waals surface area contributed by atoms with Gasteiger partial charge in [0.05, 0.1) is 0 Å². The third-order valence-corrected chi connectivity index (χ3v) is 7.97. The van der Waals surface area contributed by atoms with Gasteiger partial charge in [0.1, 0.15) is 0 Å². The molecule has 0 radical (unpaired) electrons. The molecule has 0 bridgehead atoms. The van der Waals surface area contributed by atoms with Crippen molar-refractivity contribution in [1.29, 1.82) is 0 Å². The van der Waals surface area contributed by atoms with E-state index in [1.807, 2.05) is 0 Å². The molecule has 0 unspecified atom stereocenters. The zero-order valence-corrected chi connectivity index (χ0v) is 8.90. The molecule has 1 fully saturated rings. The van der Waals surface area contributed by atoms with Crippen LogP contribution in [0.15, 0.2) is 0 Å². The molecule has 0 aromatic heterocycles. The van der Waals surface area contributed by atoms with Crippen molar-refractivity contribution in [2.45, 2.75) is 0 Å². The zero-order valence-electron chi connectivity index (χ0n) is 7.26. The van der Waals surface area contributed by atoms with Gasteiger partial charge in [-0.2, -0.15) is 9.66 Å². The van der Waals surface area contributed by atoms with E-state index in [0.717, 1.165) is 0 Å². The van der Waals surface area contributed by atoms with E-state index in [4.69, 9.17) is 0 Å². The summed E-state index contributed by atoms with van der Waals surface area (Å²) in [7, 11) is 0.731. The Kier molecular flexibility index (Phi) is 1.98. The smallest absolute Gasteiger partial charge is 0.00800 e. The molecule has 10 heavy (non-hydrogen) atoms. The number of nitrogens with zero attached hydrogens (tertiary/aromatic N) is 1. The lowest BCUT2D eigenvalue weighted by Gasteiger charge is -2.39. The summed E-state index contributed by atoms with van der Waals surface area (Å²) < 4.78 is 2.43. The molecule has 1 heterocycles. The SMILES string of the molecule is CN1S(C)(C)NNS1(C)C. The van der Waals surface area contributed by atoms with Crippen LogP contribution in [0.5, 0.6) is 0 Å². The fourth-order valence-electron chi connectivity index (χ4n) is 0.798. The number of hydrazine groups is 1. The molecule has 0 saturated carbocycles. The minimum absolute atomic E-state index is 0.723. The highest BCUT2D eigenvalue weighted by molar-refractivity contribution is 8.45. The molecule has 0 aromatic carbocycles. The molecule has 64 valence electrons. The lowest BCUT2D eigenvalue weighted by Crippen LogP contribution is -2.24. The van der Waals surface area contributed by atoms with Crippen LogP contribution in [-0.2, 0) is 0 Å². The van der Waals surface area contributed by atoms with Gasteiger partial charge >= 0.3 is 0 Å². The minimum Gasteiger partial charge on any atom is -0.208 e. The van der Waals surface area contributed by atoms with Crippen LogP contribution < -0.4 is 9.66 Å². The van der Waals surface area contributed by atoms with Crippen LogP contribution in [0.1, 0.15) is 0 Å². The predicted molar refractivity (Wildman–Crippen MR) is 52.9 cm³/mol. The molecule has 3 nitrogen and oxygen atoms in total. The molecule has 5 heteroatoms. The van der Waals surface area contributed by atoms with Gasteiger partial charge < -0.3 is 0 Å². The van der Waals surface area contributed by atoms with E-state index >= 15 is 0 Å². The van der Waals surface area contributed by atoms with Gasteiger partial charge in [-0.15, -0.1) is 20.8 Å². The lowest BCUT2D eigenvalue weighted by molar-refractivity contribution is 0.910. The van der Waals surface area contributed by atoms with E-state index in [1.54, 1.807) is 0 Å². The standard InChI is InChI=1S/C5H17N3S2/c1-8-9(2,3)6-7-10(8,4)5/h6-7H,1-5H3. The highest BCUT2D eigenvalue weighted by Gasteiger charge is 2.34. The second-order valence-electron chi connectivity index (χ2n) is 3.19. The Bertz CT molecular complexity index is 130. The fourth-order valence-corrected chi connectivity index (χ4v) is 6.64. The lowest BCUT2D eigenvalue weighted by atomic mass is 11.6. The Morgan fingerprint density at radius 2 is 1.20 bits per heavy atom. The van der Waals surface area contributed by atoms with Gasteiger partial charge in [-0.05, 0) is 25.0 Å². The molecule has 1 aliphatic rings. The summed E-state index contributed by atoms with van der Waals surface area (Å²) in [4.78, 5) is 6.66. The molecule has 0 spiro atoms. The topological polar surface area (TPSA) is 27.3 Å². The molecule has 2 N–H and O–H groups in total. The highest BCUT2D eigenvalue weighted by Crippen LogP contribution is 2.59. The molecule has 1 rings (SSSR count). The first-order valence-corrected chi connectivity index (χ1v) is 7.92. The third-order valence-electron chi connectivity index (χ3n) is 1.83. The number of hydrogen-bond donors (Lipinski definition) is 2. The van der Waals surface area contributed by atoms with Gasteiger partial charge in [0.25, 0.3) is 0 Å². The molecule has 0 aliphatic carbocycles. The Hall–Kier alpha value is 0.580. The molecule has 1 aliphatic heterocycles. The summed E-state index contributed by atoms with van der Waals surface area (Å²) >= 11 is 0. The number of rotatable bonds is 0. The van der Waals surface area contributed by atoms with E-state index in [0.29, 0.717) is 0 Å². The largest absolute Gasteiger partial charge is 0.208 e. The van der Waals surface area contributed by atoms with Crippen molar-refractivity contribution in [3.05, 3.63) is 0 Å². The minimum atomic E-state index is -0.723. The average molecular weight is 183 g/mol. The predicted octanol–water partition coefficient (Wildman–Crippen LogP) is 0.814. The van der Waals surface area contributed by atoms with E-state index in [9.17, 15) is 0 Å². The van der Waals surface area contributed by atoms with Crippen molar-refractivity contribution in [2.75, 3.05) is 32.1 Å². The molecule has 0 aromatic rings. The summed E-state index contributed by atoms with van der Waals surface area (Å²) in [5, 5.41) is 0. The van der Waals surface area contributed by atoms with E-state index in [2.05, 4.69) is 45.4 Å². The Morgan fingerprint density at radius 3 is 1.30 bits per heavy atom. The van der Waals surface area contributed by atoms with E-state index in [1.165, 1.54) is 0 Å². The third kappa shape index (κ3) is 1.29. The molecule has 0 atom stereocenters. The fraction of sp³-hybridized carbons (Fsp3) is 1.00. The molecule has 0 amide bonds. The van der Waals surface area contributed by atoms with E-state index < -0.39 is 20.8 Å². The van der Waals surface area contributed by atoms with Crippen LogP contribution in [0.3, 0.4) is 0 Å². The maximum absolute atomic E-state index is 3.33. The first-order valence-electron chi connectivity index (χ1n) is 3.10. The van der Waals surface area contributed by atoms with Crippen molar-refractivity contribution in [3.8, 4) is 0 Å². The van der Waals surface area contributed by atoms with Crippen molar-refractivity contribution < 1.29 is 0 Å². The monoisotopic (exact) mass is 183 g/mol. The summed E-state index contributed by atoms with van der Waals surface area (Å²) in [6, 6.07) is 0. The van der Waals surface area contributed by atoms with Crippen LogP contribution >= 0.6 is 20.8 Å². The average Bonchev–Trinajstić information content (AvgIpc) is 1.95. The summed E-state index contributed by atoms with van der Waals surface area (Å²) in [6.07, 6.45) is 9.01.